The molecule has 0 heterocycles. The first-order valence-electron chi connectivity index (χ1n) is 44.5. The number of hydrogen-bond donors (Lipinski definition) is 17. The molecule has 0 aromatic rings. The SMILES string of the molecule is CCCCCCCC/C=C\CCCCCCCCOCC(COC(=O)NC(COC(COC(COCC(O)CO)COCC(O)CO)COC(COCC(O)CO)COCC(O)CO)COC(COC(COCC(O)CO)COCC(O)CO)COC(COCC(O)CO)COCC(O)CO)OCCCCCCCC/C=C\CCCCCCCC. The van der Waals surface area contributed by atoms with E-state index in [1.165, 1.54) is 77.0 Å². The van der Waals surface area contributed by atoms with Crippen LogP contribution >= 0.6 is 0 Å². The molecule has 716 valence electrons. The van der Waals surface area contributed by atoms with Crippen molar-refractivity contribution >= 4 is 6.09 Å². The second kappa shape index (κ2) is 88.5. The molecule has 0 aromatic carbocycles. The fourth-order valence-electron chi connectivity index (χ4n) is 11.4. The average Bonchev–Trinajstić information content (AvgIpc) is 0.920. The van der Waals surface area contributed by atoms with Gasteiger partial charge in [-0.25, -0.2) is 4.79 Å². The minimum absolute atomic E-state index is 0.119. The lowest BCUT2D eigenvalue weighted by molar-refractivity contribution is -0.149. The Balaban J connectivity index is 7.62. The minimum Gasteiger partial charge on any atom is -0.447 e. The Morgan fingerprint density at radius 2 is 0.442 bits per heavy atom. The molecule has 9 unspecified atom stereocenters. The van der Waals surface area contributed by atoms with Crippen LogP contribution in [0.25, 0.3) is 0 Å². The summed E-state index contributed by atoms with van der Waals surface area (Å²) in [5.74, 6) is 0. The highest BCUT2D eigenvalue weighted by molar-refractivity contribution is 5.67. The highest BCUT2D eigenvalue weighted by atomic mass is 16.6. The molecule has 0 radical (unpaired) electrons. The van der Waals surface area contributed by atoms with Crippen LogP contribution in [-0.4, -0.2) is 410 Å². The van der Waals surface area contributed by atoms with Gasteiger partial charge in [0.15, 0.2) is 0 Å². The lowest BCUT2D eigenvalue weighted by Crippen LogP contribution is -2.46. The first-order chi connectivity index (χ1) is 58.4. The Labute approximate surface area is 715 Å². The summed E-state index contributed by atoms with van der Waals surface area (Å²) < 4.78 is 102. The number of hydrogen-bond acceptors (Lipinski definition) is 34. The van der Waals surface area contributed by atoms with Crippen molar-refractivity contribution in [3.8, 4) is 0 Å². The number of unbranched alkanes of at least 4 members (excludes halogenated alkanes) is 24. The highest BCUT2D eigenvalue weighted by Crippen LogP contribution is 2.16. The third-order valence-electron chi connectivity index (χ3n) is 18.6. The number of aliphatic hydroxyl groups excluding tert-OH is 16. The van der Waals surface area contributed by atoms with Gasteiger partial charge >= 0.3 is 6.09 Å². The van der Waals surface area contributed by atoms with E-state index in [-0.39, 0.29) is 145 Å². The van der Waals surface area contributed by atoms with E-state index in [1.807, 2.05) is 0 Å². The van der Waals surface area contributed by atoms with E-state index in [2.05, 4.69) is 43.5 Å². The van der Waals surface area contributed by atoms with Crippen LogP contribution in [0.2, 0.25) is 0 Å². The van der Waals surface area contributed by atoms with Crippen LogP contribution in [-0.2, 0) is 80.5 Å². The summed E-state index contributed by atoms with van der Waals surface area (Å²) in [7, 11) is 0. The van der Waals surface area contributed by atoms with Gasteiger partial charge in [0.05, 0.1) is 211 Å². The number of amides is 1. The van der Waals surface area contributed by atoms with Crippen LogP contribution in [0, 0.1) is 0 Å². The topological polar surface area (TPSA) is 510 Å². The quantitative estimate of drug-likeness (QED) is 0.0307. The fraction of sp³-hybridized carbons (Fsp3) is 0.941. The lowest BCUT2D eigenvalue weighted by atomic mass is 10.1. The monoisotopic (exact) mass is 1750 g/mol. The van der Waals surface area contributed by atoms with Gasteiger partial charge in [-0.15, -0.1) is 0 Å². The summed E-state index contributed by atoms with van der Waals surface area (Å²) in [6, 6.07) is -1.18. The van der Waals surface area contributed by atoms with Crippen molar-refractivity contribution in [2.45, 2.75) is 291 Å². The van der Waals surface area contributed by atoms with E-state index >= 15 is 0 Å². The molecular weight excluding hydrogens is 1580 g/mol. The number of nitrogens with one attached hydrogen (secondary N) is 1. The van der Waals surface area contributed by atoms with Crippen molar-refractivity contribution in [2.75, 3.05) is 225 Å². The predicted octanol–water partition coefficient (Wildman–Crippen LogP) is 2.83. The molecule has 0 spiro atoms. The zero-order chi connectivity index (χ0) is 88.2. The molecule has 0 saturated carbocycles. The van der Waals surface area contributed by atoms with Gasteiger partial charge < -0.3 is 168 Å². The Bertz CT molecular complexity index is 1930. The Morgan fingerprint density at radius 3 is 0.700 bits per heavy atom. The predicted molar refractivity (Wildman–Crippen MR) is 447 cm³/mol. The first-order valence-corrected chi connectivity index (χ1v) is 44.5. The summed E-state index contributed by atoms with van der Waals surface area (Å²) in [4.78, 5) is 14.5. The molecule has 0 bridgehead atoms. The molecule has 0 rings (SSSR count). The van der Waals surface area contributed by atoms with Gasteiger partial charge in [-0.2, -0.15) is 0 Å². The largest absolute Gasteiger partial charge is 0.447 e. The molecule has 120 heavy (non-hydrogen) atoms. The molecule has 35 heteroatoms. The Kier molecular flexibility index (Phi) is 86.6. The van der Waals surface area contributed by atoms with Crippen LogP contribution in [0.1, 0.15) is 194 Å². The van der Waals surface area contributed by atoms with Crippen molar-refractivity contribution in [1.82, 2.24) is 5.32 Å². The van der Waals surface area contributed by atoms with Gasteiger partial charge in [-0.3, -0.25) is 0 Å². The molecular formula is C85H167NO34. The van der Waals surface area contributed by atoms with Crippen molar-refractivity contribution in [3.05, 3.63) is 24.3 Å². The molecule has 17 N–H and O–H groups in total. The number of rotatable bonds is 96. The molecule has 9 atom stereocenters. The molecule has 1 amide bonds. The average molecular weight is 1750 g/mol. The molecule has 0 aliphatic carbocycles. The van der Waals surface area contributed by atoms with E-state index in [0.717, 1.165) is 103 Å². The van der Waals surface area contributed by atoms with E-state index in [1.54, 1.807) is 0 Å². The second-order valence-corrected chi connectivity index (χ2v) is 30.6. The first kappa shape index (κ1) is 117. The van der Waals surface area contributed by atoms with Gasteiger partial charge in [0.1, 0.15) is 98.2 Å². The van der Waals surface area contributed by atoms with E-state index in [9.17, 15) is 86.5 Å². The van der Waals surface area contributed by atoms with Crippen molar-refractivity contribution in [1.29, 1.82) is 0 Å². The molecule has 0 aliphatic heterocycles. The second-order valence-electron chi connectivity index (χ2n) is 30.6. The van der Waals surface area contributed by atoms with Crippen molar-refractivity contribution < 1.29 is 167 Å². The summed E-state index contributed by atoms with van der Waals surface area (Å²) in [6.07, 6.45) is 23.6. The van der Waals surface area contributed by atoms with E-state index in [0.29, 0.717) is 13.2 Å². The van der Waals surface area contributed by atoms with Gasteiger partial charge in [0.25, 0.3) is 0 Å². The molecule has 0 saturated heterocycles. The minimum atomic E-state index is -1.25. The smallest absolute Gasteiger partial charge is 0.407 e. The van der Waals surface area contributed by atoms with Crippen LogP contribution in [0.4, 0.5) is 4.79 Å². The summed E-state index contributed by atoms with van der Waals surface area (Å²) in [5, 5.41) is 160. The van der Waals surface area contributed by atoms with Crippen LogP contribution < -0.4 is 5.32 Å². The van der Waals surface area contributed by atoms with Gasteiger partial charge in [-0.05, 0) is 64.2 Å². The van der Waals surface area contributed by atoms with Gasteiger partial charge in [0, 0.05) is 13.2 Å². The molecule has 0 aliphatic rings. The standard InChI is InChI=1S/C85H167NO34/c1-3-5-7-9-11-13-15-17-19-21-23-25-27-29-31-33-35-104-55-82(113-36-34-32-30-28-26-24-22-20-18-16-14-12-10-8-6-4-2)68-120-85(103)86-69(45-114-83(64-116-78(56-105-47-70(95)37-87)57-106-48-71(96)38-88)65-117-79(58-107-49-72(97)39-89)59-108-50-73(98)40-90)46-115-84(66-118-80(60-109-51-74(99)41-91)61-110-52-75(100)42-92)67-119-81(62-111-53-76(101)43-93)63-112-54-77(102)44-94/h17-20,69-84,87-102H,3-16,21-68H2,1-2H3,(H,86,103)/b19-17-,20-18-. The number of carbonyl (C=O) groups excluding carboxylic acids is 1. The third kappa shape index (κ3) is 77.8. The Hall–Kier alpha value is -2.53. The summed E-state index contributed by atoms with van der Waals surface area (Å²) in [6.45, 7) is -6.47. The fourth-order valence-corrected chi connectivity index (χ4v) is 11.4. The zero-order valence-electron chi connectivity index (χ0n) is 72.9. The zero-order valence-corrected chi connectivity index (χ0v) is 72.9. The van der Waals surface area contributed by atoms with Crippen LogP contribution in [0.15, 0.2) is 24.3 Å². The maximum Gasteiger partial charge on any atom is 0.407 e. The summed E-state index contributed by atoms with van der Waals surface area (Å²) >= 11 is 0. The lowest BCUT2D eigenvalue weighted by Gasteiger charge is -2.29. The highest BCUT2D eigenvalue weighted by Gasteiger charge is 2.28. The molecule has 0 fully saturated rings. The third-order valence-corrected chi connectivity index (χ3v) is 18.6. The maximum atomic E-state index is 14.5. The van der Waals surface area contributed by atoms with Gasteiger partial charge in [0.2, 0.25) is 0 Å². The van der Waals surface area contributed by atoms with Gasteiger partial charge in [-0.1, -0.05) is 154 Å². The normalized spacial score (nSPS) is 16.3. The number of carbonyl (C=O) groups is 1. The number of allylic oxidation sites excluding steroid dienone is 4. The number of alkyl carbamates (subject to hydrolysis) is 1. The molecule has 0 aromatic heterocycles. The van der Waals surface area contributed by atoms with Crippen LogP contribution in [0.5, 0.6) is 0 Å². The Morgan fingerprint density at radius 1 is 0.233 bits per heavy atom. The molecule has 35 nitrogen and oxygen atoms in total. The number of aliphatic hydroxyl groups is 16. The van der Waals surface area contributed by atoms with Crippen molar-refractivity contribution in [3.63, 3.8) is 0 Å². The van der Waals surface area contributed by atoms with Crippen molar-refractivity contribution in [2.24, 2.45) is 0 Å². The summed E-state index contributed by atoms with van der Waals surface area (Å²) in [5.41, 5.74) is 0. The van der Waals surface area contributed by atoms with E-state index in [4.69, 9.17) is 80.5 Å². The number of ether oxygens (including phenoxy) is 17. The maximum absolute atomic E-state index is 14.5. The van der Waals surface area contributed by atoms with Crippen LogP contribution in [0.3, 0.4) is 0 Å². The van der Waals surface area contributed by atoms with E-state index < -0.39 is 170 Å².